The van der Waals surface area contributed by atoms with E-state index in [0.717, 1.165) is 54.8 Å². The molecular weight excluding hydrogens is 404 g/mol. The molecule has 1 unspecified atom stereocenters. The summed E-state index contributed by atoms with van der Waals surface area (Å²) in [5, 5.41) is 0. The summed E-state index contributed by atoms with van der Waals surface area (Å²) >= 11 is 5.51. The molecular formula is C28H45ClO2. The van der Waals surface area contributed by atoms with Crippen molar-refractivity contribution < 1.29 is 9.53 Å². The normalized spacial score (nSPS) is 42.9. The van der Waals surface area contributed by atoms with Gasteiger partial charge in [-0.1, -0.05) is 65.5 Å². The van der Waals surface area contributed by atoms with Crippen molar-refractivity contribution in [3.63, 3.8) is 0 Å². The van der Waals surface area contributed by atoms with E-state index in [4.69, 9.17) is 16.3 Å². The summed E-state index contributed by atoms with van der Waals surface area (Å²) in [7, 11) is 0. The third-order valence-electron chi connectivity index (χ3n) is 10.5. The predicted octanol–water partition coefficient (Wildman–Crippen LogP) is 8.77. The maximum absolute atomic E-state index is 11.2. The lowest BCUT2D eigenvalue weighted by Gasteiger charge is -2.58. The Morgan fingerprint density at radius 2 is 1.87 bits per heavy atom. The van der Waals surface area contributed by atoms with Crippen LogP contribution in [0.25, 0.3) is 0 Å². The van der Waals surface area contributed by atoms with Crippen LogP contribution < -0.4 is 0 Å². The van der Waals surface area contributed by atoms with Gasteiger partial charge in [0.05, 0.1) is 0 Å². The van der Waals surface area contributed by atoms with E-state index in [-0.39, 0.29) is 6.10 Å². The Labute approximate surface area is 195 Å². The first-order valence-corrected chi connectivity index (χ1v) is 13.6. The molecule has 0 aromatic rings. The number of carbonyl (C=O) groups excluding carboxylic acids is 1. The van der Waals surface area contributed by atoms with E-state index >= 15 is 0 Å². The largest absolute Gasteiger partial charge is 0.450 e. The highest BCUT2D eigenvalue weighted by Gasteiger charge is 2.59. The molecule has 0 N–H and O–H groups in total. The van der Waals surface area contributed by atoms with Gasteiger partial charge in [0.1, 0.15) is 6.10 Å². The number of halogens is 1. The number of carbonyl (C=O) groups is 1. The van der Waals surface area contributed by atoms with Crippen LogP contribution >= 0.6 is 11.6 Å². The van der Waals surface area contributed by atoms with E-state index < -0.39 is 5.43 Å². The highest BCUT2D eigenvalue weighted by molar-refractivity contribution is 6.61. The molecule has 0 heterocycles. The number of ether oxygens (including phenoxy) is 1. The zero-order valence-corrected chi connectivity index (χ0v) is 21.3. The highest BCUT2D eigenvalue weighted by Crippen LogP contribution is 2.67. The van der Waals surface area contributed by atoms with Crippen LogP contribution in [0.3, 0.4) is 0 Å². The third kappa shape index (κ3) is 4.36. The number of allylic oxidation sites excluding steroid dienone is 1. The minimum atomic E-state index is -0.643. The summed E-state index contributed by atoms with van der Waals surface area (Å²) in [6.07, 6.45) is 16.7. The first-order chi connectivity index (χ1) is 14.6. The van der Waals surface area contributed by atoms with Crippen LogP contribution in [0.2, 0.25) is 0 Å². The van der Waals surface area contributed by atoms with Crippen LogP contribution in [0.5, 0.6) is 0 Å². The Morgan fingerprint density at radius 3 is 2.58 bits per heavy atom. The molecule has 2 nitrogen and oxygen atoms in total. The molecule has 0 amide bonds. The minimum absolute atomic E-state index is 0.0164. The van der Waals surface area contributed by atoms with E-state index in [1.807, 2.05) is 0 Å². The SMILES string of the molecule is CC(C)CCCC(C)[C@H]1CC[C@H]2[C@H]3CC=C4C[C@@H](OC(=O)Cl)CC[C@]4(C)[C@H]3CC[C@]12C. The number of fused-ring (bicyclic) bond motifs is 5. The molecule has 3 heteroatoms. The van der Waals surface area contributed by atoms with Gasteiger partial charge >= 0.3 is 5.43 Å². The van der Waals surface area contributed by atoms with Crippen LogP contribution in [0.1, 0.15) is 105 Å². The van der Waals surface area contributed by atoms with E-state index in [9.17, 15) is 4.79 Å². The summed E-state index contributed by atoms with van der Waals surface area (Å²) < 4.78 is 5.38. The Bertz CT molecular complexity index is 699. The Kier molecular flexibility index (Phi) is 6.89. The molecule has 4 rings (SSSR count). The van der Waals surface area contributed by atoms with Gasteiger partial charge in [-0.15, -0.1) is 0 Å². The smallest absolute Gasteiger partial charge is 0.404 e. The molecule has 0 bridgehead atoms. The molecule has 0 saturated heterocycles. The lowest BCUT2D eigenvalue weighted by Crippen LogP contribution is -2.51. The van der Waals surface area contributed by atoms with Crippen molar-refractivity contribution in [2.45, 2.75) is 111 Å². The maximum atomic E-state index is 11.2. The van der Waals surface area contributed by atoms with Crippen molar-refractivity contribution in [3.05, 3.63) is 11.6 Å². The molecule has 31 heavy (non-hydrogen) atoms. The molecule has 3 saturated carbocycles. The number of hydrogen-bond donors (Lipinski definition) is 0. The fourth-order valence-electron chi connectivity index (χ4n) is 8.88. The second-order valence-electron chi connectivity index (χ2n) is 12.5. The second-order valence-corrected chi connectivity index (χ2v) is 12.8. The van der Waals surface area contributed by atoms with Gasteiger partial charge in [0.15, 0.2) is 0 Å². The Balaban J connectivity index is 1.47. The maximum Gasteiger partial charge on any atom is 0.404 e. The van der Waals surface area contributed by atoms with Gasteiger partial charge in [0.25, 0.3) is 0 Å². The molecule has 0 radical (unpaired) electrons. The fraction of sp³-hybridized carbons (Fsp3) is 0.893. The van der Waals surface area contributed by atoms with E-state index in [1.54, 1.807) is 5.57 Å². The number of hydrogen-bond acceptors (Lipinski definition) is 2. The molecule has 3 fully saturated rings. The highest BCUT2D eigenvalue weighted by atomic mass is 35.5. The number of rotatable bonds is 6. The molecule has 0 aromatic heterocycles. The van der Waals surface area contributed by atoms with Crippen LogP contribution in [0.15, 0.2) is 11.6 Å². The molecule has 4 aliphatic rings. The molecule has 8 atom stereocenters. The van der Waals surface area contributed by atoms with Crippen LogP contribution in [-0.4, -0.2) is 11.5 Å². The zero-order valence-electron chi connectivity index (χ0n) is 20.6. The third-order valence-corrected chi connectivity index (χ3v) is 10.6. The van der Waals surface area contributed by atoms with Gasteiger partial charge < -0.3 is 4.74 Å². The summed E-state index contributed by atoms with van der Waals surface area (Å²) in [5.41, 5.74) is 1.77. The van der Waals surface area contributed by atoms with Crippen LogP contribution in [0, 0.1) is 46.3 Å². The van der Waals surface area contributed by atoms with E-state index in [1.165, 1.54) is 51.4 Å². The lowest BCUT2D eigenvalue weighted by atomic mass is 9.47. The molecule has 4 aliphatic carbocycles. The topological polar surface area (TPSA) is 26.3 Å². The minimum Gasteiger partial charge on any atom is -0.450 e. The average molecular weight is 449 g/mol. The summed E-state index contributed by atoms with van der Waals surface area (Å²) in [4.78, 5) is 11.2. The first kappa shape index (κ1) is 23.7. The van der Waals surface area contributed by atoms with E-state index in [2.05, 4.69) is 40.7 Å². The van der Waals surface area contributed by atoms with Gasteiger partial charge in [-0.3, -0.25) is 0 Å². The molecule has 0 spiro atoms. The average Bonchev–Trinajstić information content (AvgIpc) is 3.05. The molecule has 176 valence electrons. The Morgan fingerprint density at radius 1 is 1.10 bits per heavy atom. The quantitative estimate of drug-likeness (QED) is 0.299. The van der Waals surface area contributed by atoms with Crippen molar-refractivity contribution in [2.24, 2.45) is 46.3 Å². The van der Waals surface area contributed by atoms with Crippen molar-refractivity contribution in [3.8, 4) is 0 Å². The first-order valence-electron chi connectivity index (χ1n) is 13.2. The van der Waals surface area contributed by atoms with Crippen LogP contribution in [-0.2, 0) is 4.74 Å². The van der Waals surface area contributed by atoms with E-state index in [0.29, 0.717) is 10.8 Å². The van der Waals surface area contributed by atoms with Gasteiger partial charge in [-0.05, 0) is 91.3 Å². The molecule has 0 aliphatic heterocycles. The molecule has 0 aromatic carbocycles. The van der Waals surface area contributed by atoms with Gasteiger partial charge in [0.2, 0.25) is 0 Å². The van der Waals surface area contributed by atoms with Crippen molar-refractivity contribution in [1.29, 1.82) is 0 Å². The van der Waals surface area contributed by atoms with Crippen molar-refractivity contribution in [2.75, 3.05) is 0 Å². The second kappa shape index (κ2) is 9.03. The van der Waals surface area contributed by atoms with Crippen molar-refractivity contribution >= 4 is 17.0 Å². The van der Waals surface area contributed by atoms with Gasteiger partial charge in [-0.25, -0.2) is 4.79 Å². The summed E-state index contributed by atoms with van der Waals surface area (Å²) in [5.74, 6) is 5.19. The van der Waals surface area contributed by atoms with Crippen molar-refractivity contribution in [1.82, 2.24) is 0 Å². The monoisotopic (exact) mass is 448 g/mol. The zero-order chi connectivity index (χ0) is 22.4. The summed E-state index contributed by atoms with van der Waals surface area (Å²) in [6, 6.07) is 0. The van der Waals surface area contributed by atoms with Gasteiger partial charge in [-0.2, -0.15) is 0 Å². The predicted molar refractivity (Wildman–Crippen MR) is 129 cm³/mol. The summed E-state index contributed by atoms with van der Waals surface area (Å²) in [6.45, 7) is 12.5. The van der Waals surface area contributed by atoms with Gasteiger partial charge in [0, 0.05) is 18.0 Å². The lowest BCUT2D eigenvalue weighted by molar-refractivity contribution is -0.0573. The van der Waals surface area contributed by atoms with Crippen LogP contribution in [0.4, 0.5) is 4.79 Å². The fourth-order valence-corrected chi connectivity index (χ4v) is 9.01. The Hall–Kier alpha value is -0.500. The standard InChI is InChI=1S/C28H45ClO2/c1-18(2)7-6-8-19(3)23-11-12-24-22-10-9-20-17-21(31-26(29)30)13-15-27(20,4)25(22)14-16-28(23,24)5/h9,18-19,21-25H,6-8,10-17H2,1-5H3/t19?,21-,22+,23+,24-,25-,27-,28+/m0/s1.